The van der Waals surface area contributed by atoms with Gasteiger partial charge in [-0.1, -0.05) is 27.2 Å². The van der Waals surface area contributed by atoms with Gasteiger partial charge in [0.1, 0.15) is 6.04 Å². The van der Waals surface area contributed by atoms with Crippen molar-refractivity contribution in [3.63, 3.8) is 0 Å². The molecule has 3 fully saturated rings. The highest BCUT2D eigenvalue weighted by atomic mass is 16.5. The highest BCUT2D eigenvalue weighted by molar-refractivity contribution is 6.08. The first-order valence-corrected chi connectivity index (χ1v) is 12.8. The Kier molecular flexibility index (Phi) is 7.76. The molecule has 2 bridgehead atoms. The van der Waals surface area contributed by atoms with E-state index in [1.165, 1.54) is 0 Å². The fourth-order valence-electron chi connectivity index (χ4n) is 5.88. The maximum absolute atomic E-state index is 13.2. The second kappa shape index (κ2) is 10.8. The summed E-state index contributed by atoms with van der Waals surface area (Å²) in [6.07, 6.45) is 4.54. The first kappa shape index (κ1) is 25.9. The van der Waals surface area contributed by atoms with Crippen molar-refractivity contribution >= 4 is 35.3 Å². The molecule has 1 aromatic rings. The molecular formula is C27H34N2O7. The summed E-state index contributed by atoms with van der Waals surface area (Å²) in [5, 5.41) is 2.61. The van der Waals surface area contributed by atoms with E-state index in [9.17, 15) is 24.0 Å². The van der Waals surface area contributed by atoms with Gasteiger partial charge in [0, 0.05) is 5.69 Å². The van der Waals surface area contributed by atoms with Crippen molar-refractivity contribution in [2.45, 2.75) is 58.9 Å². The van der Waals surface area contributed by atoms with Crippen molar-refractivity contribution in [1.29, 1.82) is 0 Å². The molecule has 3 amide bonds. The molecule has 0 unspecified atom stereocenters. The van der Waals surface area contributed by atoms with Crippen LogP contribution in [0, 0.1) is 29.6 Å². The molecule has 0 aromatic heterocycles. The maximum Gasteiger partial charge on any atom is 0.338 e. The topological polar surface area (TPSA) is 119 Å². The van der Waals surface area contributed by atoms with Crippen LogP contribution >= 0.6 is 0 Å². The Morgan fingerprint density at radius 3 is 2.17 bits per heavy atom. The molecule has 9 nitrogen and oxygen atoms in total. The molecule has 9 heteroatoms. The summed E-state index contributed by atoms with van der Waals surface area (Å²) in [4.78, 5) is 64.7. The van der Waals surface area contributed by atoms with Crippen LogP contribution in [0.5, 0.6) is 0 Å². The summed E-state index contributed by atoms with van der Waals surface area (Å²) < 4.78 is 10.4. The van der Waals surface area contributed by atoms with E-state index < -0.39 is 30.5 Å². The normalized spacial score (nSPS) is 25.2. The lowest BCUT2D eigenvalue weighted by Crippen LogP contribution is -2.50. The third-order valence-corrected chi connectivity index (χ3v) is 7.59. The number of rotatable bonds is 10. The first-order valence-electron chi connectivity index (χ1n) is 12.8. The number of nitrogens with zero attached hydrogens (tertiary/aromatic N) is 1. The van der Waals surface area contributed by atoms with Gasteiger partial charge in [-0.3, -0.25) is 19.3 Å². The van der Waals surface area contributed by atoms with Gasteiger partial charge in [0.2, 0.25) is 11.8 Å². The van der Waals surface area contributed by atoms with E-state index in [1.54, 1.807) is 38.1 Å². The molecule has 1 aromatic carbocycles. The van der Waals surface area contributed by atoms with E-state index in [-0.39, 0.29) is 41.4 Å². The van der Waals surface area contributed by atoms with Crippen LogP contribution in [0.4, 0.5) is 5.69 Å². The number of likely N-dealkylation sites (tertiary alicyclic amines) is 1. The summed E-state index contributed by atoms with van der Waals surface area (Å²) >= 11 is 0. The minimum atomic E-state index is -1.05. The molecule has 1 heterocycles. The molecule has 2 saturated carbocycles. The second-order valence-electron chi connectivity index (χ2n) is 10.3. The van der Waals surface area contributed by atoms with E-state index >= 15 is 0 Å². The lowest BCUT2D eigenvalue weighted by Gasteiger charge is -2.28. The van der Waals surface area contributed by atoms with E-state index in [0.29, 0.717) is 17.9 Å². The Bertz CT molecular complexity index is 1010. The molecule has 0 spiro atoms. The van der Waals surface area contributed by atoms with Crippen molar-refractivity contribution in [2.24, 2.45) is 29.6 Å². The fourth-order valence-corrected chi connectivity index (χ4v) is 5.88. The van der Waals surface area contributed by atoms with Crippen LogP contribution in [0.2, 0.25) is 0 Å². The summed E-state index contributed by atoms with van der Waals surface area (Å²) in [5.41, 5.74) is 0.795. The second-order valence-corrected chi connectivity index (χ2v) is 10.3. The van der Waals surface area contributed by atoms with Gasteiger partial charge in [-0.25, -0.2) is 9.59 Å². The largest absolute Gasteiger partial charge is 0.462 e. The number of unbranched alkanes of at least 4 members (excludes halogenated alkanes) is 1. The average Bonchev–Trinajstić information content (AvgIpc) is 3.53. The van der Waals surface area contributed by atoms with Gasteiger partial charge >= 0.3 is 11.9 Å². The number of anilines is 1. The highest BCUT2D eigenvalue weighted by Crippen LogP contribution is 2.56. The maximum atomic E-state index is 13.2. The fraction of sp³-hybridized carbons (Fsp3) is 0.593. The third-order valence-electron chi connectivity index (χ3n) is 7.59. The molecule has 194 valence electrons. The Balaban J connectivity index is 1.31. The minimum Gasteiger partial charge on any atom is -0.462 e. The van der Waals surface area contributed by atoms with Gasteiger partial charge in [-0.05, 0) is 67.7 Å². The Labute approximate surface area is 210 Å². The average molecular weight is 499 g/mol. The number of amides is 3. The van der Waals surface area contributed by atoms with E-state index in [4.69, 9.17) is 9.47 Å². The van der Waals surface area contributed by atoms with Gasteiger partial charge in [-0.15, -0.1) is 0 Å². The van der Waals surface area contributed by atoms with Gasteiger partial charge in [0.05, 0.1) is 24.0 Å². The summed E-state index contributed by atoms with van der Waals surface area (Å²) in [7, 11) is 0. The number of benzene rings is 1. The zero-order valence-corrected chi connectivity index (χ0v) is 21.0. The molecule has 5 atom stereocenters. The highest BCUT2D eigenvalue weighted by Gasteiger charge is 2.62. The monoisotopic (exact) mass is 498 g/mol. The van der Waals surface area contributed by atoms with Crippen LogP contribution < -0.4 is 5.32 Å². The number of carbonyl (C=O) groups excluding carboxylic acids is 5. The van der Waals surface area contributed by atoms with Gasteiger partial charge in [0.25, 0.3) is 5.91 Å². The SMILES string of the molecule is CCCCOC(=O)c1ccc(NC(=O)COC(=O)[C@H](C(C)C)N2C(=O)[C@@H]3[C@H]4CC[C@@H](C4)[C@H]3C2=O)cc1. The van der Waals surface area contributed by atoms with Crippen LogP contribution in [0.25, 0.3) is 0 Å². The summed E-state index contributed by atoms with van der Waals surface area (Å²) in [6.45, 7) is 5.31. The molecule has 3 aliphatic rings. The molecule has 0 radical (unpaired) electrons. The van der Waals surface area contributed by atoms with E-state index in [2.05, 4.69) is 5.32 Å². The Morgan fingerprint density at radius 2 is 1.61 bits per heavy atom. The number of fused-ring (bicyclic) bond motifs is 5. The lowest BCUT2D eigenvalue weighted by molar-refractivity contribution is -0.162. The predicted molar refractivity (Wildman–Crippen MR) is 130 cm³/mol. The predicted octanol–water partition coefficient (Wildman–Crippen LogP) is 3.18. The van der Waals surface area contributed by atoms with E-state index in [0.717, 1.165) is 37.0 Å². The minimum absolute atomic E-state index is 0.223. The Morgan fingerprint density at radius 1 is 1.00 bits per heavy atom. The first-order chi connectivity index (χ1) is 17.2. The van der Waals surface area contributed by atoms with Crippen molar-refractivity contribution in [2.75, 3.05) is 18.5 Å². The molecule has 1 saturated heterocycles. The van der Waals surface area contributed by atoms with Gasteiger partial charge in [0.15, 0.2) is 6.61 Å². The van der Waals surface area contributed by atoms with Crippen LogP contribution in [0.3, 0.4) is 0 Å². The number of imide groups is 1. The molecule has 36 heavy (non-hydrogen) atoms. The number of hydrogen-bond donors (Lipinski definition) is 1. The zero-order chi connectivity index (χ0) is 26.0. The molecule has 1 aliphatic heterocycles. The number of carbonyl (C=O) groups is 5. The van der Waals surface area contributed by atoms with Crippen molar-refractivity contribution in [1.82, 2.24) is 4.90 Å². The van der Waals surface area contributed by atoms with Crippen molar-refractivity contribution in [3.8, 4) is 0 Å². The van der Waals surface area contributed by atoms with Gasteiger partial charge in [-0.2, -0.15) is 0 Å². The Hall–Kier alpha value is -3.23. The number of ether oxygens (including phenoxy) is 2. The standard InChI is InChI=1S/C27H34N2O7/c1-4-5-12-35-26(33)16-8-10-19(11-9-16)28-20(30)14-36-27(34)23(15(2)3)29-24(31)21-17-6-7-18(13-17)22(21)25(29)32/h8-11,15,17-18,21-23H,4-7,12-14H2,1-3H3,(H,28,30)/t17-,18-,21+,22+,23-/m0/s1. The number of esters is 2. The van der Waals surface area contributed by atoms with Crippen LogP contribution in [-0.2, 0) is 28.7 Å². The summed E-state index contributed by atoms with van der Waals surface area (Å²) in [6, 6.07) is 5.14. The van der Waals surface area contributed by atoms with Gasteiger partial charge < -0.3 is 14.8 Å². The zero-order valence-electron chi connectivity index (χ0n) is 21.0. The molecule has 2 aliphatic carbocycles. The smallest absolute Gasteiger partial charge is 0.338 e. The molecule has 1 N–H and O–H groups in total. The third kappa shape index (κ3) is 5.01. The van der Waals surface area contributed by atoms with E-state index in [1.807, 2.05) is 6.92 Å². The molecular weight excluding hydrogens is 464 g/mol. The summed E-state index contributed by atoms with van der Waals surface area (Å²) in [5.74, 6) is -2.86. The molecule has 4 rings (SSSR count). The number of hydrogen-bond acceptors (Lipinski definition) is 7. The van der Waals surface area contributed by atoms with Crippen LogP contribution in [0.1, 0.15) is 63.2 Å². The lowest BCUT2D eigenvalue weighted by atomic mass is 9.81. The van der Waals surface area contributed by atoms with Crippen LogP contribution in [0.15, 0.2) is 24.3 Å². The van der Waals surface area contributed by atoms with Crippen LogP contribution in [-0.4, -0.2) is 53.8 Å². The quantitative estimate of drug-likeness (QED) is 0.299. The van der Waals surface area contributed by atoms with Crippen molar-refractivity contribution < 1.29 is 33.4 Å². The van der Waals surface area contributed by atoms with Crippen molar-refractivity contribution in [3.05, 3.63) is 29.8 Å². The number of nitrogens with one attached hydrogen (secondary N) is 1.